The molecule has 18 heavy (non-hydrogen) atoms. The van der Waals surface area contributed by atoms with E-state index in [-0.39, 0.29) is 0 Å². The zero-order valence-corrected chi connectivity index (χ0v) is 13.0. The van der Waals surface area contributed by atoms with Gasteiger partial charge in [-0.25, -0.2) is 0 Å². The molecule has 0 N–H and O–H groups in total. The quantitative estimate of drug-likeness (QED) is 0.718. The summed E-state index contributed by atoms with van der Waals surface area (Å²) >= 11 is 3.59. The highest BCUT2D eigenvalue weighted by Gasteiger charge is 2.43. The lowest BCUT2D eigenvalue weighted by Crippen LogP contribution is -2.57. The molecule has 3 rings (SSSR count). The monoisotopic (exact) mass is 307 g/mol. The summed E-state index contributed by atoms with van der Waals surface area (Å²) in [6.07, 6.45) is 7.27. The van der Waals surface area contributed by atoms with E-state index < -0.39 is 0 Å². The minimum absolute atomic E-state index is 0.671. The van der Waals surface area contributed by atoms with Gasteiger partial charge in [-0.15, -0.1) is 0 Å². The molecule has 1 saturated heterocycles. The van der Waals surface area contributed by atoms with E-state index in [2.05, 4.69) is 46.8 Å². The molecule has 1 aromatic carbocycles. The number of nitrogens with zero attached hydrogens (tertiary/aromatic N) is 1. The van der Waals surface area contributed by atoms with Gasteiger partial charge in [-0.05, 0) is 49.9 Å². The van der Waals surface area contributed by atoms with Gasteiger partial charge in [0, 0.05) is 28.7 Å². The van der Waals surface area contributed by atoms with E-state index in [1.54, 1.807) is 0 Å². The molecule has 1 aliphatic heterocycles. The largest absolute Gasteiger partial charge is 0.370 e. The van der Waals surface area contributed by atoms with Crippen LogP contribution in [0.2, 0.25) is 0 Å². The summed E-state index contributed by atoms with van der Waals surface area (Å²) in [7, 11) is 0. The minimum Gasteiger partial charge on any atom is -0.370 e. The van der Waals surface area contributed by atoms with Gasteiger partial charge < -0.3 is 4.90 Å². The molecular weight excluding hydrogens is 286 g/mol. The van der Waals surface area contributed by atoms with Gasteiger partial charge >= 0.3 is 0 Å². The van der Waals surface area contributed by atoms with Crippen LogP contribution in [0.15, 0.2) is 16.6 Å². The maximum absolute atomic E-state index is 3.59. The average Bonchev–Trinajstić information content (AvgIpc) is 2.26. The molecule has 2 fully saturated rings. The standard InChI is InChI=1S/C16H22BrN/c1-12-8-14(17)9-13(2)15(12)18-10-16(11-18)6-4-3-5-7-16/h8-9H,3-7,10-11H2,1-2H3. The van der Waals surface area contributed by atoms with Crippen molar-refractivity contribution in [2.45, 2.75) is 46.0 Å². The number of halogens is 1. The maximum Gasteiger partial charge on any atom is 0.0426 e. The van der Waals surface area contributed by atoms with E-state index >= 15 is 0 Å². The molecule has 0 atom stereocenters. The van der Waals surface area contributed by atoms with Crippen LogP contribution in [-0.2, 0) is 0 Å². The molecule has 0 amide bonds. The second-order valence-corrected chi connectivity index (χ2v) is 7.22. The molecule has 2 heteroatoms. The third-order valence-corrected chi connectivity index (χ3v) is 5.20. The highest BCUT2D eigenvalue weighted by molar-refractivity contribution is 9.10. The highest BCUT2D eigenvalue weighted by atomic mass is 79.9. The van der Waals surface area contributed by atoms with Gasteiger partial charge in [-0.2, -0.15) is 0 Å². The Morgan fingerprint density at radius 1 is 1.00 bits per heavy atom. The van der Waals surface area contributed by atoms with Crippen LogP contribution in [0, 0.1) is 19.3 Å². The van der Waals surface area contributed by atoms with Crippen molar-refractivity contribution in [3.05, 3.63) is 27.7 Å². The number of rotatable bonds is 1. The van der Waals surface area contributed by atoms with Gasteiger partial charge in [0.25, 0.3) is 0 Å². The first kappa shape index (κ1) is 12.5. The van der Waals surface area contributed by atoms with Gasteiger partial charge in [0.2, 0.25) is 0 Å². The van der Waals surface area contributed by atoms with Gasteiger partial charge in [-0.3, -0.25) is 0 Å². The first-order chi connectivity index (χ1) is 8.60. The molecule has 0 unspecified atom stereocenters. The predicted octanol–water partition coefficient (Wildman–Crippen LogP) is 4.84. The van der Waals surface area contributed by atoms with Gasteiger partial charge in [0.15, 0.2) is 0 Å². The molecular formula is C16H22BrN. The summed E-state index contributed by atoms with van der Waals surface area (Å²) in [5.41, 5.74) is 4.97. The zero-order chi connectivity index (χ0) is 12.8. The van der Waals surface area contributed by atoms with Crippen molar-refractivity contribution >= 4 is 21.6 Å². The highest BCUT2D eigenvalue weighted by Crippen LogP contribution is 2.46. The van der Waals surface area contributed by atoms with Crippen LogP contribution in [0.4, 0.5) is 5.69 Å². The molecule has 2 aliphatic rings. The van der Waals surface area contributed by atoms with Crippen molar-refractivity contribution in [3.8, 4) is 0 Å². The van der Waals surface area contributed by atoms with Gasteiger partial charge in [0.05, 0.1) is 0 Å². The number of anilines is 1. The molecule has 1 aliphatic carbocycles. The van der Waals surface area contributed by atoms with Crippen LogP contribution in [0.5, 0.6) is 0 Å². The zero-order valence-electron chi connectivity index (χ0n) is 11.4. The van der Waals surface area contributed by atoms with Crippen LogP contribution in [0.25, 0.3) is 0 Å². The van der Waals surface area contributed by atoms with Gasteiger partial charge in [0.1, 0.15) is 0 Å². The summed E-state index contributed by atoms with van der Waals surface area (Å²) in [5.74, 6) is 0. The molecule has 0 radical (unpaired) electrons. The number of hydrogen-bond donors (Lipinski definition) is 0. The first-order valence-electron chi connectivity index (χ1n) is 7.11. The smallest absolute Gasteiger partial charge is 0.0426 e. The van der Waals surface area contributed by atoms with Crippen LogP contribution in [0.3, 0.4) is 0 Å². The molecule has 0 aromatic heterocycles. The molecule has 1 spiro atoms. The topological polar surface area (TPSA) is 3.24 Å². The Morgan fingerprint density at radius 2 is 1.56 bits per heavy atom. The summed E-state index contributed by atoms with van der Waals surface area (Å²) in [4.78, 5) is 2.60. The van der Waals surface area contributed by atoms with Crippen molar-refractivity contribution in [2.24, 2.45) is 5.41 Å². The fourth-order valence-electron chi connectivity index (χ4n) is 3.94. The average molecular weight is 308 g/mol. The Kier molecular flexibility index (Phi) is 3.17. The second kappa shape index (κ2) is 4.56. The molecule has 98 valence electrons. The van der Waals surface area contributed by atoms with Crippen molar-refractivity contribution < 1.29 is 0 Å². The first-order valence-corrected chi connectivity index (χ1v) is 7.91. The number of aryl methyl sites for hydroxylation is 2. The van der Waals surface area contributed by atoms with Gasteiger partial charge in [-0.1, -0.05) is 35.2 Å². The molecule has 1 aromatic rings. The van der Waals surface area contributed by atoms with E-state index in [9.17, 15) is 0 Å². The Hall–Kier alpha value is -0.500. The summed E-state index contributed by atoms with van der Waals surface area (Å²) in [6.45, 7) is 7.05. The summed E-state index contributed by atoms with van der Waals surface area (Å²) in [6, 6.07) is 4.49. The fraction of sp³-hybridized carbons (Fsp3) is 0.625. The Labute approximate surface area is 119 Å². The Morgan fingerprint density at radius 3 is 2.11 bits per heavy atom. The normalized spacial score (nSPS) is 22.1. The van der Waals surface area contributed by atoms with E-state index in [1.165, 1.54) is 66.5 Å². The third-order valence-electron chi connectivity index (χ3n) is 4.74. The minimum atomic E-state index is 0.671. The molecule has 1 heterocycles. The van der Waals surface area contributed by atoms with E-state index in [0.717, 1.165) is 0 Å². The summed E-state index contributed by atoms with van der Waals surface area (Å²) in [5, 5.41) is 0. The van der Waals surface area contributed by atoms with E-state index in [1.807, 2.05) is 0 Å². The van der Waals surface area contributed by atoms with E-state index in [0.29, 0.717) is 5.41 Å². The third kappa shape index (κ3) is 2.09. The fourth-order valence-corrected chi connectivity index (χ4v) is 4.63. The molecule has 0 bridgehead atoms. The molecule has 1 nitrogen and oxygen atoms in total. The summed E-state index contributed by atoms with van der Waals surface area (Å²) < 4.78 is 1.20. The lowest BCUT2D eigenvalue weighted by molar-refractivity contribution is 0.139. The number of hydrogen-bond acceptors (Lipinski definition) is 1. The van der Waals surface area contributed by atoms with Crippen LogP contribution >= 0.6 is 15.9 Å². The maximum atomic E-state index is 3.59. The lowest BCUT2D eigenvalue weighted by Gasteiger charge is -2.54. The van der Waals surface area contributed by atoms with E-state index in [4.69, 9.17) is 0 Å². The Bertz CT molecular complexity index is 429. The SMILES string of the molecule is Cc1cc(Br)cc(C)c1N1CC2(CCCCC2)C1. The second-order valence-electron chi connectivity index (χ2n) is 6.30. The molecule has 1 saturated carbocycles. The Balaban J connectivity index is 1.78. The predicted molar refractivity (Wildman–Crippen MR) is 81.3 cm³/mol. The van der Waals surface area contributed by atoms with Crippen LogP contribution < -0.4 is 4.90 Å². The number of benzene rings is 1. The van der Waals surface area contributed by atoms with Crippen molar-refractivity contribution in [1.82, 2.24) is 0 Å². The van der Waals surface area contributed by atoms with Crippen molar-refractivity contribution in [3.63, 3.8) is 0 Å². The van der Waals surface area contributed by atoms with Crippen molar-refractivity contribution in [2.75, 3.05) is 18.0 Å². The van der Waals surface area contributed by atoms with Crippen LogP contribution in [-0.4, -0.2) is 13.1 Å². The van der Waals surface area contributed by atoms with Crippen LogP contribution in [0.1, 0.15) is 43.2 Å². The van der Waals surface area contributed by atoms with Crippen molar-refractivity contribution in [1.29, 1.82) is 0 Å². The lowest BCUT2D eigenvalue weighted by atomic mass is 9.68.